The fourth-order valence-electron chi connectivity index (χ4n) is 3.02. The van der Waals surface area contributed by atoms with Gasteiger partial charge in [0.25, 0.3) is 5.91 Å². The number of amides is 1. The minimum atomic E-state index is -0.584. The fraction of sp³-hybridized carbons (Fsp3) is 0.435. The maximum absolute atomic E-state index is 12.8. The lowest BCUT2D eigenvalue weighted by Gasteiger charge is -2.21. The summed E-state index contributed by atoms with van der Waals surface area (Å²) < 4.78 is 16.6. The standard InChI is InChI=1S/C23H30ClNO4/c1-6-15(3)17-10-8-9-11-20(17)29-19(7-2)23(26)25-14-16-12-21(27-4)22(28-5)13-18(16)24/h8-13,15,19H,6-7,14H2,1-5H3,(H,25,26). The number of hydrogen-bond donors (Lipinski definition) is 1. The Hall–Kier alpha value is -2.40. The number of halogens is 1. The van der Waals surface area contributed by atoms with Crippen molar-refractivity contribution in [2.24, 2.45) is 0 Å². The number of benzene rings is 2. The van der Waals surface area contributed by atoms with Crippen molar-refractivity contribution >= 4 is 17.5 Å². The summed E-state index contributed by atoms with van der Waals surface area (Å²) in [7, 11) is 3.11. The summed E-state index contributed by atoms with van der Waals surface area (Å²) in [5.74, 6) is 2.04. The van der Waals surface area contributed by atoms with Crippen molar-refractivity contribution in [1.29, 1.82) is 0 Å². The Morgan fingerprint density at radius 1 is 1.03 bits per heavy atom. The highest BCUT2D eigenvalue weighted by Crippen LogP contribution is 2.33. The van der Waals surface area contributed by atoms with E-state index in [4.69, 9.17) is 25.8 Å². The van der Waals surface area contributed by atoms with Crippen molar-refractivity contribution in [2.75, 3.05) is 14.2 Å². The molecule has 0 aromatic heterocycles. The highest BCUT2D eigenvalue weighted by atomic mass is 35.5. The molecule has 0 saturated carbocycles. The Kier molecular flexibility index (Phi) is 8.65. The number of para-hydroxylation sites is 1. The highest BCUT2D eigenvalue weighted by Gasteiger charge is 2.21. The average Bonchev–Trinajstić information content (AvgIpc) is 2.75. The van der Waals surface area contributed by atoms with Crippen LogP contribution in [0.2, 0.25) is 5.02 Å². The summed E-state index contributed by atoms with van der Waals surface area (Å²) in [4.78, 5) is 12.8. The molecule has 2 aromatic rings. The second kappa shape index (κ2) is 11.0. The van der Waals surface area contributed by atoms with Crippen molar-refractivity contribution in [1.82, 2.24) is 5.32 Å². The molecule has 29 heavy (non-hydrogen) atoms. The van der Waals surface area contributed by atoms with Gasteiger partial charge in [0.15, 0.2) is 17.6 Å². The lowest BCUT2D eigenvalue weighted by molar-refractivity contribution is -0.128. The predicted octanol–water partition coefficient (Wildman–Crippen LogP) is 5.34. The van der Waals surface area contributed by atoms with Gasteiger partial charge in [0.1, 0.15) is 5.75 Å². The summed E-state index contributed by atoms with van der Waals surface area (Å²) >= 11 is 6.32. The van der Waals surface area contributed by atoms with Crippen LogP contribution in [-0.2, 0) is 11.3 Å². The first-order valence-corrected chi connectivity index (χ1v) is 10.3. The van der Waals surface area contributed by atoms with Crippen LogP contribution < -0.4 is 19.5 Å². The molecular formula is C23H30ClNO4. The maximum Gasteiger partial charge on any atom is 0.261 e. The third-order valence-corrected chi connectivity index (χ3v) is 5.35. The van der Waals surface area contributed by atoms with Crippen LogP contribution in [0.5, 0.6) is 17.2 Å². The molecular weight excluding hydrogens is 390 g/mol. The van der Waals surface area contributed by atoms with Gasteiger partial charge in [0, 0.05) is 17.6 Å². The zero-order valence-electron chi connectivity index (χ0n) is 17.8. The zero-order valence-corrected chi connectivity index (χ0v) is 18.5. The van der Waals surface area contributed by atoms with Crippen LogP contribution in [0.3, 0.4) is 0 Å². The van der Waals surface area contributed by atoms with Gasteiger partial charge in [-0.2, -0.15) is 0 Å². The van der Waals surface area contributed by atoms with E-state index in [1.165, 1.54) is 0 Å². The number of hydrogen-bond acceptors (Lipinski definition) is 4. The molecule has 0 aliphatic carbocycles. The number of rotatable bonds is 10. The van der Waals surface area contributed by atoms with Gasteiger partial charge in [-0.15, -0.1) is 0 Å². The molecule has 0 bridgehead atoms. The lowest BCUT2D eigenvalue weighted by Crippen LogP contribution is -2.37. The fourth-order valence-corrected chi connectivity index (χ4v) is 3.24. The van der Waals surface area contributed by atoms with E-state index in [9.17, 15) is 4.79 Å². The van der Waals surface area contributed by atoms with Gasteiger partial charge in [-0.25, -0.2) is 0 Å². The van der Waals surface area contributed by atoms with Gasteiger partial charge < -0.3 is 19.5 Å². The van der Waals surface area contributed by atoms with Gasteiger partial charge in [-0.05, 0) is 42.0 Å². The van der Waals surface area contributed by atoms with E-state index in [1.807, 2.05) is 25.1 Å². The number of nitrogens with one attached hydrogen (secondary N) is 1. The molecule has 0 fully saturated rings. The van der Waals surface area contributed by atoms with Crippen molar-refractivity contribution in [2.45, 2.75) is 52.2 Å². The van der Waals surface area contributed by atoms with Crippen LogP contribution in [0.15, 0.2) is 36.4 Å². The Labute approximate surface area is 178 Å². The van der Waals surface area contributed by atoms with E-state index >= 15 is 0 Å². The minimum Gasteiger partial charge on any atom is -0.493 e. The highest BCUT2D eigenvalue weighted by molar-refractivity contribution is 6.31. The summed E-state index contributed by atoms with van der Waals surface area (Å²) in [6.45, 7) is 6.49. The van der Waals surface area contributed by atoms with Crippen LogP contribution in [0.4, 0.5) is 0 Å². The van der Waals surface area contributed by atoms with Crippen molar-refractivity contribution in [3.8, 4) is 17.2 Å². The number of methoxy groups -OCH3 is 2. The lowest BCUT2D eigenvalue weighted by atomic mass is 9.98. The molecule has 0 radical (unpaired) electrons. The normalized spacial score (nSPS) is 12.8. The Balaban J connectivity index is 2.10. The second-order valence-corrected chi connectivity index (χ2v) is 7.29. The van der Waals surface area contributed by atoms with E-state index in [0.717, 1.165) is 23.3 Å². The predicted molar refractivity (Wildman–Crippen MR) is 116 cm³/mol. The van der Waals surface area contributed by atoms with Crippen LogP contribution in [0, 0.1) is 0 Å². The van der Waals surface area contributed by atoms with Gasteiger partial charge in [-0.1, -0.05) is 50.6 Å². The molecule has 0 saturated heterocycles. The molecule has 0 aliphatic heterocycles. The zero-order chi connectivity index (χ0) is 21.4. The third-order valence-electron chi connectivity index (χ3n) is 5.00. The molecule has 2 unspecified atom stereocenters. The molecule has 158 valence electrons. The molecule has 1 N–H and O–H groups in total. The number of ether oxygens (including phenoxy) is 3. The largest absolute Gasteiger partial charge is 0.493 e. The molecule has 2 aromatic carbocycles. The minimum absolute atomic E-state index is 0.183. The van der Waals surface area contributed by atoms with Crippen molar-refractivity contribution in [3.05, 3.63) is 52.5 Å². The Bertz CT molecular complexity index is 825. The first-order valence-electron chi connectivity index (χ1n) is 9.88. The van der Waals surface area contributed by atoms with Crippen LogP contribution in [0.25, 0.3) is 0 Å². The van der Waals surface area contributed by atoms with Gasteiger partial charge >= 0.3 is 0 Å². The molecule has 0 aliphatic rings. The van der Waals surface area contributed by atoms with Crippen LogP contribution in [0.1, 0.15) is 50.7 Å². The van der Waals surface area contributed by atoms with Crippen molar-refractivity contribution < 1.29 is 19.0 Å². The maximum atomic E-state index is 12.8. The molecule has 0 heterocycles. The SMILES string of the molecule is CCC(Oc1ccccc1C(C)CC)C(=O)NCc1cc(OC)c(OC)cc1Cl. The van der Waals surface area contributed by atoms with E-state index in [0.29, 0.717) is 28.9 Å². The van der Waals surface area contributed by atoms with E-state index in [1.54, 1.807) is 26.4 Å². The Morgan fingerprint density at radius 3 is 2.31 bits per heavy atom. The van der Waals surface area contributed by atoms with Gasteiger partial charge in [0.05, 0.1) is 14.2 Å². The summed E-state index contributed by atoms with van der Waals surface area (Å²) in [5.41, 5.74) is 1.86. The molecule has 2 rings (SSSR count). The summed E-state index contributed by atoms with van der Waals surface area (Å²) in [6, 6.07) is 11.3. The van der Waals surface area contributed by atoms with Gasteiger partial charge in [-0.3, -0.25) is 4.79 Å². The summed E-state index contributed by atoms with van der Waals surface area (Å²) in [6.07, 6.45) is 0.973. The van der Waals surface area contributed by atoms with E-state index in [2.05, 4.69) is 25.2 Å². The first-order chi connectivity index (χ1) is 13.9. The molecule has 1 amide bonds. The topological polar surface area (TPSA) is 56.8 Å². The second-order valence-electron chi connectivity index (χ2n) is 6.88. The molecule has 0 spiro atoms. The molecule has 2 atom stereocenters. The van der Waals surface area contributed by atoms with Crippen LogP contribution in [-0.4, -0.2) is 26.2 Å². The van der Waals surface area contributed by atoms with E-state index in [-0.39, 0.29) is 12.5 Å². The molecule has 5 nitrogen and oxygen atoms in total. The first kappa shape index (κ1) is 22.9. The average molecular weight is 420 g/mol. The quantitative estimate of drug-likeness (QED) is 0.564. The summed E-state index contributed by atoms with van der Waals surface area (Å²) in [5, 5.41) is 3.42. The van der Waals surface area contributed by atoms with Crippen molar-refractivity contribution in [3.63, 3.8) is 0 Å². The monoisotopic (exact) mass is 419 g/mol. The Morgan fingerprint density at radius 2 is 1.69 bits per heavy atom. The number of carbonyl (C=O) groups is 1. The molecule has 6 heteroatoms. The van der Waals surface area contributed by atoms with Crippen LogP contribution >= 0.6 is 11.6 Å². The van der Waals surface area contributed by atoms with Gasteiger partial charge in [0.2, 0.25) is 0 Å². The smallest absolute Gasteiger partial charge is 0.261 e. The van der Waals surface area contributed by atoms with E-state index < -0.39 is 6.10 Å². The third kappa shape index (κ3) is 5.80. The number of carbonyl (C=O) groups excluding carboxylic acids is 1.